The van der Waals surface area contributed by atoms with E-state index in [2.05, 4.69) is 93.7 Å². The first-order chi connectivity index (χ1) is 26.5. The standard InChI is InChI=1S/C48H74O6/c1-4-7-10-13-16-19-22-24-27-29-32-35-38-41-47(50)53-44-45(43-52-46(49)40-37-34-31-28-25-21-18-15-12-9-6-3)54-48(51)42-39-36-33-30-26-23-20-17-14-11-8-5-2/h7-8,10-11,13,15-22,24-27,30,45H,4-6,9,12,14,23,28-29,31-44H2,1-3H3/b10-7-,11-8-,16-13-,18-15-,20-17-,22-19-,25-21-,27-24-,30-26-. The van der Waals surface area contributed by atoms with Gasteiger partial charge >= 0.3 is 17.9 Å². The Labute approximate surface area is 330 Å². The molecule has 0 radical (unpaired) electrons. The molecule has 0 aromatic rings. The molecule has 6 nitrogen and oxygen atoms in total. The minimum absolute atomic E-state index is 0.124. The third-order valence-electron chi connectivity index (χ3n) is 8.11. The van der Waals surface area contributed by atoms with Crippen LogP contribution in [0.5, 0.6) is 0 Å². The Morgan fingerprint density at radius 3 is 1.37 bits per heavy atom. The topological polar surface area (TPSA) is 78.9 Å². The number of esters is 3. The van der Waals surface area contributed by atoms with Crippen LogP contribution in [0.2, 0.25) is 0 Å². The van der Waals surface area contributed by atoms with Crippen LogP contribution in [-0.2, 0) is 28.6 Å². The summed E-state index contributed by atoms with van der Waals surface area (Å²) in [6.07, 6.45) is 55.1. The van der Waals surface area contributed by atoms with Gasteiger partial charge in [0.2, 0.25) is 0 Å². The number of allylic oxidation sites excluding steroid dienone is 18. The first-order valence-electron chi connectivity index (χ1n) is 21.0. The van der Waals surface area contributed by atoms with Gasteiger partial charge in [-0.15, -0.1) is 0 Å². The van der Waals surface area contributed by atoms with Gasteiger partial charge in [-0.2, -0.15) is 0 Å². The monoisotopic (exact) mass is 747 g/mol. The van der Waals surface area contributed by atoms with Crippen LogP contribution in [0.4, 0.5) is 0 Å². The Balaban J connectivity index is 4.59. The van der Waals surface area contributed by atoms with Crippen LogP contribution in [0.15, 0.2) is 109 Å². The number of carbonyl (C=O) groups is 3. The molecule has 0 aromatic carbocycles. The molecule has 6 heteroatoms. The first kappa shape index (κ1) is 50.1. The van der Waals surface area contributed by atoms with E-state index in [-0.39, 0.29) is 37.5 Å². The lowest BCUT2D eigenvalue weighted by atomic mass is 10.1. The van der Waals surface area contributed by atoms with Crippen molar-refractivity contribution in [1.82, 2.24) is 0 Å². The summed E-state index contributed by atoms with van der Waals surface area (Å²) in [5.74, 6) is -1.05. The third kappa shape index (κ3) is 39.3. The Hall–Kier alpha value is -3.93. The van der Waals surface area contributed by atoms with Gasteiger partial charge in [0.25, 0.3) is 0 Å². The van der Waals surface area contributed by atoms with E-state index >= 15 is 0 Å². The quantitative estimate of drug-likeness (QED) is 0.0211. The molecule has 0 aromatic heterocycles. The lowest BCUT2D eigenvalue weighted by Gasteiger charge is -2.18. The molecule has 54 heavy (non-hydrogen) atoms. The summed E-state index contributed by atoms with van der Waals surface area (Å²) in [5.41, 5.74) is 0. The molecule has 0 saturated carbocycles. The van der Waals surface area contributed by atoms with Gasteiger partial charge < -0.3 is 14.2 Å². The normalized spacial score (nSPS) is 13.2. The van der Waals surface area contributed by atoms with Gasteiger partial charge in [-0.1, -0.05) is 156 Å². The highest BCUT2D eigenvalue weighted by Gasteiger charge is 2.19. The second kappa shape index (κ2) is 41.8. The molecule has 0 bridgehead atoms. The Morgan fingerprint density at radius 2 is 0.815 bits per heavy atom. The van der Waals surface area contributed by atoms with Crippen LogP contribution in [0.3, 0.4) is 0 Å². The van der Waals surface area contributed by atoms with Gasteiger partial charge in [0, 0.05) is 19.3 Å². The summed E-state index contributed by atoms with van der Waals surface area (Å²) in [5, 5.41) is 0. The first-order valence-corrected chi connectivity index (χ1v) is 21.0. The molecular weight excluding hydrogens is 673 g/mol. The summed E-state index contributed by atoms with van der Waals surface area (Å²) in [7, 11) is 0. The zero-order valence-electron chi connectivity index (χ0n) is 34.2. The second-order valence-corrected chi connectivity index (χ2v) is 13.2. The zero-order chi connectivity index (χ0) is 39.4. The van der Waals surface area contributed by atoms with E-state index in [0.717, 1.165) is 96.3 Å². The largest absolute Gasteiger partial charge is 0.462 e. The molecule has 1 unspecified atom stereocenters. The van der Waals surface area contributed by atoms with Gasteiger partial charge in [0.15, 0.2) is 6.10 Å². The Morgan fingerprint density at radius 1 is 0.407 bits per heavy atom. The average molecular weight is 747 g/mol. The fraction of sp³-hybridized carbons (Fsp3) is 0.562. The fourth-order valence-corrected chi connectivity index (χ4v) is 4.97. The summed E-state index contributed by atoms with van der Waals surface area (Å²) in [4.78, 5) is 37.6. The maximum atomic E-state index is 12.7. The smallest absolute Gasteiger partial charge is 0.306 e. The minimum Gasteiger partial charge on any atom is -0.462 e. The van der Waals surface area contributed by atoms with Crippen molar-refractivity contribution in [3.8, 4) is 0 Å². The number of hydrogen-bond acceptors (Lipinski definition) is 6. The van der Waals surface area contributed by atoms with Gasteiger partial charge in [-0.25, -0.2) is 0 Å². The second-order valence-electron chi connectivity index (χ2n) is 13.2. The SMILES string of the molecule is CC\C=C/C=C\C=C/C=C\CCCCCC(=O)OCC(COC(=O)CCCCC/C=C\C=C/CCCC)OC(=O)CCCC/C=C\C/C=C\C/C=C\CC. The summed E-state index contributed by atoms with van der Waals surface area (Å²) >= 11 is 0. The lowest BCUT2D eigenvalue weighted by molar-refractivity contribution is -0.167. The predicted octanol–water partition coefficient (Wildman–Crippen LogP) is 13.2. The third-order valence-corrected chi connectivity index (χ3v) is 8.11. The number of carbonyl (C=O) groups excluding carboxylic acids is 3. The average Bonchev–Trinajstić information content (AvgIpc) is 3.17. The van der Waals surface area contributed by atoms with E-state index in [1.165, 1.54) is 12.8 Å². The molecule has 0 aliphatic rings. The number of hydrogen-bond donors (Lipinski definition) is 0. The van der Waals surface area contributed by atoms with Crippen LogP contribution in [-0.4, -0.2) is 37.2 Å². The van der Waals surface area contributed by atoms with E-state index in [1.54, 1.807) is 0 Å². The van der Waals surface area contributed by atoms with Crippen LogP contribution < -0.4 is 0 Å². The van der Waals surface area contributed by atoms with Crippen molar-refractivity contribution in [2.75, 3.05) is 13.2 Å². The summed E-state index contributed by atoms with van der Waals surface area (Å²) in [6.45, 7) is 6.18. The molecule has 0 fully saturated rings. The molecular formula is C48H74O6. The van der Waals surface area contributed by atoms with Crippen molar-refractivity contribution < 1.29 is 28.6 Å². The van der Waals surface area contributed by atoms with Crippen molar-refractivity contribution in [3.05, 3.63) is 109 Å². The molecule has 0 heterocycles. The van der Waals surface area contributed by atoms with Gasteiger partial charge in [-0.3, -0.25) is 14.4 Å². The van der Waals surface area contributed by atoms with E-state index in [1.807, 2.05) is 36.5 Å². The van der Waals surface area contributed by atoms with Crippen LogP contribution in [0.1, 0.15) is 156 Å². The molecule has 0 aliphatic heterocycles. The molecule has 0 aliphatic carbocycles. The van der Waals surface area contributed by atoms with Gasteiger partial charge in [0.1, 0.15) is 13.2 Å². The zero-order valence-corrected chi connectivity index (χ0v) is 34.2. The maximum Gasteiger partial charge on any atom is 0.306 e. The van der Waals surface area contributed by atoms with E-state index in [0.29, 0.717) is 19.3 Å². The van der Waals surface area contributed by atoms with Crippen LogP contribution in [0, 0.1) is 0 Å². The Kier molecular flexibility index (Phi) is 38.8. The van der Waals surface area contributed by atoms with E-state index in [9.17, 15) is 14.4 Å². The highest BCUT2D eigenvalue weighted by molar-refractivity contribution is 5.71. The van der Waals surface area contributed by atoms with Gasteiger partial charge in [0.05, 0.1) is 0 Å². The fourth-order valence-electron chi connectivity index (χ4n) is 4.97. The lowest BCUT2D eigenvalue weighted by Crippen LogP contribution is -2.30. The number of ether oxygens (including phenoxy) is 3. The molecule has 0 rings (SSSR count). The molecule has 0 saturated heterocycles. The Bertz CT molecular complexity index is 1180. The summed E-state index contributed by atoms with van der Waals surface area (Å²) < 4.78 is 16.5. The summed E-state index contributed by atoms with van der Waals surface area (Å²) in [6, 6.07) is 0. The van der Waals surface area contributed by atoms with Crippen LogP contribution in [0.25, 0.3) is 0 Å². The molecule has 0 amide bonds. The van der Waals surface area contributed by atoms with Crippen LogP contribution >= 0.6 is 0 Å². The molecule has 1 atom stereocenters. The van der Waals surface area contributed by atoms with E-state index < -0.39 is 6.10 Å². The number of unbranched alkanes of at least 4 members (excludes halogenated alkanes) is 10. The highest BCUT2D eigenvalue weighted by Crippen LogP contribution is 2.10. The van der Waals surface area contributed by atoms with E-state index in [4.69, 9.17) is 14.2 Å². The van der Waals surface area contributed by atoms with Crippen molar-refractivity contribution in [3.63, 3.8) is 0 Å². The van der Waals surface area contributed by atoms with Gasteiger partial charge in [-0.05, 0) is 89.9 Å². The van der Waals surface area contributed by atoms with Crippen molar-refractivity contribution in [2.24, 2.45) is 0 Å². The van der Waals surface area contributed by atoms with Crippen molar-refractivity contribution in [1.29, 1.82) is 0 Å². The minimum atomic E-state index is -0.824. The van der Waals surface area contributed by atoms with Crippen molar-refractivity contribution in [2.45, 2.75) is 162 Å². The number of rotatable bonds is 35. The van der Waals surface area contributed by atoms with Crippen molar-refractivity contribution >= 4 is 17.9 Å². The predicted molar refractivity (Wildman–Crippen MR) is 228 cm³/mol. The highest BCUT2D eigenvalue weighted by atomic mass is 16.6. The maximum absolute atomic E-state index is 12.7. The molecule has 0 spiro atoms. The molecule has 0 N–H and O–H groups in total. The molecule has 302 valence electrons.